The molecule has 94 valence electrons. The molecule has 2 aromatic rings. The van der Waals surface area contributed by atoms with Gasteiger partial charge < -0.3 is 4.98 Å². The van der Waals surface area contributed by atoms with Gasteiger partial charge in [0.25, 0.3) is 10.0 Å². The molecule has 0 bridgehead atoms. The second-order valence-corrected chi connectivity index (χ2v) is 5.89. The third kappa shape index (κ3) is 2.77. The Morgan fingerprint density at radius 3 is 2.67 bits per heavy atom. The molecule has 0 aliphatic rings. The van der Waals surface area contributed by atoms with Gasteiger partial charge in [0.15, 0.2) is 0 Å². The van der Waals surface area contributed by atoms with Crippen molar-refractivity contribution < 1.29 is 8.42 Å². The molecule has 0 aromatic carbocycles. The van der Waals surface area contributed by atoms with Crippen molar-refractivity contribution in [2.24, 2.45) is 0 Å². The monoisotopic (exact) mass is 329 g/mol. The van der Waals surface area contributed by atoms with Gasteiger partial charge in [-0.15, -0.1) is 0 Å². The minimum Gasteiger partial charge on any atom is -0.328 e. The molecule has 0 saturated carbocycles. The molecular weight excluding hydrogens is 322 g/mol. The molecule has 0 unspecified atom stereocenters. The number of pyridine rings is 2. The molecule has 0 aliphatic heterocycles. The number of nitrogens with one attached hydrogen (secondary N) is 2. The zero-order valence-corrected chi connectivity index (χ0v) is 11.3. The highest BCUT2D eigenvalue weighted by Crippen LogP contribution is 2.22. The zero-order valence-electron chi connectivity index (χ0n) is 8.92. The summed E-state index contributed by atoms with van der Waals surface area (Å²) in [6, 6.07) is 3.90. The Hall–Kier alpha value is -1.67. The molecule has 0 aliphatic carbocycles. The average molecular weight is 330 g/mol. The SMILES string of the molecule is O=c1ccc(S(=O)(=O)Nc2ccncc2Br)c[nH]1. The molecule has 2 heterocycles. The van der Waals surface area contributed by atoms with E-state index in [-0.39, 0.29) is 10.5 Å². The predicted molar refractivity (Wildman–Crippen MR) is 69.8 cm³/mol. The van der Waals surface area contributed by atoms with Crippen LogP contribution in [0.3, 0.4) is 0 Å². The third-order valence-corrected chi connectivity index (χ3v) is 4.08. The van der Waals surface area contributed by atoms with Gasteiger partial charge in [-0.3, -0.25) is 14.5 Å². The Morgan fingerprint density at radius 1 is 1.28 bits per heavy atom. The molecule has 0 amide bonds. The topological polar surface area (TPSA) is 91.9 Å². The summed E-state index contributed by atoms with van der Waals surface area (Å²) in [4.78, 5) is 17.0. The maximum absolute atomic E-state index is 12.0. The number of aromatic nitrogens is 2. The largest absolute Gasteiger partial charge is 0.328 e. The van der Waals surface area contributed by atoms with Crippen molar-refractivity contribution in [1.82, 2.24) is 9.97 Å². The van der Waals surface area contributed by atoms with Crippen LogP contribution in [0.4, 0.5) is 5.69 Å². The number of aromatic amines is 1. The van der Waals surface area contributed by atoms with Crippen LogP contribution in [-0.2, 0) is 10.0 Å². The summed E-state index contributed by atoms with van der Waals surface area (Å²) in [6.07, 6.45) is 4.08. The van der Waals surface area contributed by atoms with Crippen LogP contribution in [0, 0.1) is 0 Å². The Labute approximate surface area is 111 Å². The lowest BCUT2D eigenvalue weighted by molar-refractivity contribution is 0.600. The van der Waals surface area contributed by atoms with E-state index in [0.717, 1.165) is 12.3 Å². The molecule has 18 heavy (non-hydrogen) atoms. The van der Waals surface area contributed by atoms with Gasteiger partial charge in [0.1, 0.15) is 4.90 Å². The lowest BCUT2D eigenvalue weighted by atomic mass is 10.4. The summed E-state index contributed by atoms with van der Waals surface area (Å²) in [5.41, 5.74) is 0.00948. The van der Waals surface area contributed by atoms with Crippen LogP contribution in [0.5, 0.6) is 0 Å². The molecule has 0 radical (unpaired) electrons. The molecule has 6 nitrogen and oxygen atoms in total. The molecule has 0 atom stereocenters. The van der Waals surface area contributed by atoms with Gasteiger partial charge in [-0.1, -0.05) is 0 Å². The van der Waals surface area contributed by atoms with E-state index in [4.69, 9.17) is 0 Å². The van der Waals surface area contributed by atoms with Crippen LogP contribution < -0.4 is 10.3 Å². The normalized spacial score (nSPS) is 11.2. The summed E-state index contributed by atoms with van der Waals surface area (Å²) < 4.78 is 26.9. The zero-order chi connectivity index (χ0) is 13.2. The Bertz CT molecular complexity index is 707. The van der Waals surface area contributed by atoms with Crippen LogP contribution in [0.2, 0.25) is 0 Å². The van der Waals surface area contributed by atoms with Crippen molar-refractivity contribution in [3.8, 4) is 0 Å². The van der Waals surface area contributed by atoms with Gasteiger partial charge in [0.2, 0.25) is 5.56 Å². The van der Waals surface area contributed by atoms with E-state index < -0.39 is 10.0 Å². The van der Waals surface area contributed by atoms with E-state index in [0.29, 0.717) is 10.2 Å². The fraction of sp³-hybridized carbons (Fsp3) is 0. The molecule has 0 saturated heterocycles. The van der Waals surface area contributed by atoms with Crippen LogP contribution in [0.25, 0.3) is 0 Å². The first-order chi connectivity index (χ1) is 8.49. The lowest BCUT2D eigenvalue weighted by Gasteiger charge is -2.08. The molecular formula is C10H8BrN3O3S. The number of hydrogen-bond donors (Lipinski definition) is 2. The number of sulfonamides is 1. The number of halogens is 1. The van der Waals surface area contributed by atoms with Crippen LogP contribution >= 0.6 is 15.9 Å². The second-order valence-electron chi connectivity index (χ2n) is 3.35. The van der Waals surface area contributed by atoms with E-state index in [1.165, 1.54) is 24.5 Å². The minimum atomic E-state index is -3.73. The third-order valence-electron chi connectivity index (χ3n) is 2.08. The predicted octanol–water partition coefficient (Wildman–Crippen LogP) is 1.33. The number of anilines is 1. The van der Waals surface area contributed by atoms with Gasteiger partial charge in [0.05, 0.1) is 10.2 Å². The maximum atomic E-state index is 12.0. The summed E-state index contributed by atoms with van der Waals surface area (Å²) >= 11 is 3.19. The molecule has 2 N–H and O–H groups in total. The van der Waals surface area contributed by atoms with Crippen molar-refractivity contribution in [3.05, 3.63) is 51.6 Å². The van der Waals surface area contributed by atoms with Gasteiger partial charge >= 0.3 is 0 Å². The second kappa shape index (κ2) is 4.91. The van der Waals surface area contributed by atoms with Crippen LogP contribution in [0.15, 0.2) is 51.0 Å². The summed E-state index contributed by atoms with van der Waals surface area (Å²) in [7, 11) is -3.73. The van der Waals surface area contributed by atoms with Gasteiger partial charge in [-0.25, -0.2) is 8.42 Å². The van der Waals surface area contributed by atoms with Crippen molar-refractivity contribution >= 4 is 31.6 Å². The van der Waals surface area contributed by atoms with E-state index in [1.807, 2.05) is 0 Å². The molecule has 2 rings (SSSR count). The maximum Gasteiger partial charge on any atom is 0.263 e. The first-order valence-electron chi connectivity index (χ1n) is 4.80. The number of rotatable bonds is 3. The van der Waals surface area contributed by atoms with Gasteiger partial charge in [-0.05, 0) is 28.1 Å². The number of H-pyrrole nitrogens is 1. The first kappa shape index (κ1) is 12.8. The fourth-order valence-electron chi connectivity index (χ4n) is 1.23. The smallest absolute Gasteiger partial charge is 0.263 e. The number of nitrogens with zero attached hydrogens (tertiary/aromatic N) is 1. The highest BCUT2D eigenvalue weighted by Gasteiger charge is 2.15. The van der Waals surface area contributed by atoms with E-state index >= 15 is 0 Å². The van der Waals surface area contributed by atoms with Crippen LogP contribution in [0.1, 0.15) is 0 Å². The summed E-state index contributed by atoms with van der Waals surface area (Å²) in [5.74, 6) is 0. The average Bonchev–Trinajstić information content (AvgIpc) is 2.32. The Kier molecular flexibility index (Phi) is 3.48. The Morgan fingerprint density at radius 2 is 2.06 bits per heavy atom. The fourth-order valence-corrected chi connectivity index (χ4v) is 2.75. The van der Waals surface area contributed by atoms with Crippen LogP contribution in [-0.4, -0.2) is 18.4 Å². The van der Waals surface area contributed by atoms with Gasteiger partial charge in [-0.2, -0.15) is 0 Å². The standard InChI is InChI=1S/C10H8BrN3O3S/c11-8-6-12-4-3-9(8)14-18(16,17)7-1-2-10(15)13-5-7/h1-6H,(H,12,14)(H,13,15). The van der Waals surface area contributed by atoms with Crippen molar-refractivity contribution in [1.29, 1.82) is 0 Å². The summed E-state index contributed by atoms with van der Waals surface area (Å²) in [5, 5.41) is 0. The number of hydrogen-bond acceptors (Lipinski definition) is 4. The van der Waals surface area contributed by atoms with E-state index in [1.54, 1.807) is 0 Å². The van der Waals surface area contributed by atoms with E-state index in [2.05, 4.69) is 30.6 Å². The minimum absolute atomic E-state index is 0.0224. The van der Waals surface area contributed by atoms with Gasteiger partial charge in [0, 0.05) is 24.7 Å². The molecule has 0 fully saturated rings. The highest BCUT2D eigenvalue weighted by molar-refractivity contribution is 9.10. The van der Waals surface area contributed by atoms with E-state index in [9.17, 15) is 13.2 Å². The quantitative estimate of drug-likeness (QED) is 0.888. The van der Waals surface area contributed by atoms with Crippen molar-refractivity contribution in [2.45, 2.75) is 4.90 Å². The molecule has 2 aromatic heterocycles. The van der Waals surface area contributed by atoms with Crippen molar-refractivity contribution in [3.63, 3.8) is 0 Å². The molecule has 0 spiro atoms. The Balaban J connectivity index is 2.36. The van der Waals surface area contributed by atoms with Crippen molar-refractivity contribution in [2.75, 3.05) is 4.72 Å². The molecule has 8 heteroatoms. The lowest BCUT2D eigenvalue weighted by Crippen LogP contribution is -2.15. The first-order valence-corrected chi connectivity index (χ1v) is 7.08. The highest BCUT2D eigenvalue weighted by atomic mass is 79.9. The summed E-state index contributed by atoms with van der Waals surface area (Å²) in [6.45, 7) is 0.